The van der Waals surface area contributed by atoms with E-state index in [9.17, 15) is 8.42 Å². The third-order valence-corrected chi connectivity index (χ3v) is 4.08. The van der Waals surface area contributed by atoms with Crippen molar-refractivity contribution in [1.82, 2.24) is 4.98 Å². The quantitative estimate of drug-likeness (QED) is 0.851. The highest BCUT2D eigenvalue weighted by Crippen LogP contribution is 2.36. The number of halogens is 1. The van der Waals surface area contributed by atoms with E-state index in [1.54, 1.807) is 12.3 Å². The van der Waals surface area contributed by atoms with Crippen molar-refractivity contribution in [3.05, 3.63) is 27.7 Å². The molecule has 0 spiro atoms. The van der Waals surface area contributed by atoms with Crippen molar-refractivity contribution >= 4 is 31.6 Å². The summed E-state index contributed by atoms with van der Waals surface area (Å²) in [5.74, 6) is 0. The molecule has 0 aliphatic heterocycles. The van der Waals surface area contributed by atoms with E-state index in [0.717, 1.165) is 17.3 Å². The standard InChI is InChI=1S/C8H8BrN2O2S/c9-6-3-7(5-10-4-6)11-14(12,13)8-1-2-8/h3-5,8H,1-2H2/q-1. The van der Waals surface area contributed by atoms with Gasteiger partial charge >= 0.3 is 0 Å². The van der Waals surface area contributed by atoms with Gasteiger partial charge in [-0.25, -0.2) is 8.42 Å². The van der Waals surface area contributed by atoms with Crippen molar-refractivity contribution in [2.45, 2.75) is 18.1 Å². The second-order valence-corrected chi connectivity index (χ2v) is 5.96. The lowest BCUT2D eigenvalue weighted by atomic mass is 10.4. The maximum Gasteiger partial charge on any atom is 0.0967 e. The van der Waals surface area contributed by atoms with Crippen molar-refractivity contribution in [3.63, 3.8) is 0 Å². The fraction of sp³-hybridized carbons (Fsp3) is 0.375. The molecule has 0 N–H and O–H groups in total. The van der Waals surface area contributed by atoms with Crippen LogP contribution in [0.15, 0.2) is 22.9 Å². The SMILES string of the molecule is O=S(=O)([N-]c1cncc(Br)c1)C1CC1. The molecule has 14 heavy (non-hydrogen) atoms. The van der Waals surface area contributed by atoms with Gasteiger partial charge in [-0.1, -0.05) is 6.07 Å². The van der Waals surface area contributed by atoms with E-state index in [1.807, 2.05) is 0 Å². The zero-order chi connectivity index (χ0) is 10.2. The highest BCUT2D eigenvalue weighted by molar-refractivity contribution is 9.10. The molecule has 0 radical (unpaired) electrons. The Morgan fingerprint density at radius 3 is 2.71 bits per heavy atom. The third kappa shape index (κ3) is 2.24. The van der Waals surface area contributed by atoms with E-state index in [0.29, 0.717) is 5.69 Å². The highest BCUT2D eigenvalue weighted by Gasteiger charge is 2.29. The molecule has 0 atom stereocenters. The second-order valence-electron chi connectivity index (χ2n) is 3.17. The van der Waals surface area contributed by atoms with Crippen LogP contribution in [0.4, 0.5) is 5.69 Å². The molecule has 1 saturated carbocycles. The van der Waals surface area contributed by atoms with Crippen LogP contribution in [-0.4, -0.2) is 18.7 Å². The van der Waals surface area contributed by atoms with Gasteiger partial charge in [-0.15, -0.1) is 5.69 Å². The van der Waals surface area contributed by atoms with E-state index >= 15 is 0 Å². The van der Waals surface area contributed by atoms with Gasteiger partial charge in [0.15, 0.2) is 0 Å². The Kier molecular flexibility index (Phi) is 2.48. The molecule has 0 unspecified atom stereocenters. The molecule has 1 aromatic heterocycles. The summed E-state index contributed by atoms with van der Waals surface area (Å²) in [6.45, 7) is 0. The zero-order valence-corrected chi connectivity index (χ0v) is 9.62. The zero-order valence-electron chi connectivity index (χ0n) is 7.22. The van der Waals surface area contributed by atoms with E-state index in [4.69, 9.17) is 0 Å². The van der Waals surface area contributed by atoms with Gasteiger partial charge in [0.25, 0.3) is 0 Å². The molecule has 1 aromatic rings. The monoisotopic (exact) mass is 275 g/mol. The first-order valence-electron chi connectivity index (χ1n) is 4.15. The molecule has 76 valence electrons. The fourth-order valence-electron chi connectivity index (χ4n) is 1.04. The van der Waals surface area contributed by atoms with Crippen molar-refractivity contribution in [2.24, 2.45) is 0 Å². The Hall–Kier alpha value is -0.620. The number of hydrogen-bond donors (Lipinski definition) is 0. The largest absolute Gasteiger partial charge is 0.575 e. The number of pyridine rings is 1. The van der Waals surface area contributed by atoms with Crippen LogP contribution < -0.4 is 0 Å². The van der Waals surface area contributed by atoms with Gasteiger partial charge < -0.3 is 4.72 Å². The summed E-state index contributed by atoms with van der Waals surface area (Å²) < 4.78 is 27.3. The Labute approximate surface area is 90.9 Å². The van der Waals surface area contributed by atoms with Gasteiger partial charge in [-0.05, 0) is 28.8 Å². The number of hydrogen-bond acceptors (Lipinski definition) is 3. The van der Waals surface area contributed by atoms with Crippen molar-refractivity contribution < 1.29 is 8.42 Å². The first kappa shape index (κ1) is 9.92. The van der Waals surface area contributed by atoms with Gasteiger partial charge in [0.2, 0.25) is 0 Å². The molecule has 1 fully saturated rings. The molecule has 1 aliphatic rings. The number of nitrogens with zero attached hydrogens (tertiary/aromatic N) is 2. The van der Waals surface area contributed by atoms with Crippen molar-refractivity contribution in [2.75, 3.05) is 0 Å². The fourth-order valence-corrected chi connectivity index (χ4v) is 2.67. The molecule has 1 heterocycles. The lowest BCUT2D eigenvalue weighted by Crippen LogP contribution is -2.02. The molecule has 0 bridgehead atoms. The average molecular weight is 276 g/mol. The number of rotatable bonds is 3. The summed E-state index contributed by atoms with van der Waals surface area (Å²) in [4.78, 5) is 3.84. The Morgan fingerprint density at radius 2 is 2.14 bits per heavy atom. The third-order valence-electron chi connectivity index (χ3n) is 1.87. The first-order valence-corrected chi connectivity index (χ1v) is 6.45. The van der Waals surface area contributed by atoms with Gasteiger partial charge in [0.1, 0.15) is 0 Å². The van der Waals surface area contributed by atoms with Crippen LogP contribution in [0, 0.1) is 0 Å². The van der Waals surface area contributed by atoms with Crippen molar-refractivity contribution in [1.29, 1.82) is 0 Å². The molecule has 6 heteroatoms. The summed E-state index contributed by atoms with van der Waals surface area (Å²) in [5, 5.41) is -0.263. The average Bonchev–Trinajstić information content (AvgIpc) is 2.84. The highest BCUT2D eigenvalue weighted by atomic mass is 79.9. The maximum atomic E-state index is 11.5. The maximum absolute atomic E-state index is 11.5. The normalized spacial score (nSPS) is 16.6. The molecule has 0 amide bonds. The van der Waals surface area contributed by atoms with Gasteiger partial charge in [-0.2, -0.15) is 0 Å². The molecule has 1 aliphatic carbocycles. The molecular weight excluding hydrogens is 268 g/mol. The van der Waals surface area contributed by atoms with Crippen LogP contribution in [0.3, 0.4) is 0 Å². The minimum atomic E-state index is -3.29. The van der Waals surface area contributed by atoms with Gasteiger partial charge in [-0.3, -0.25) is 4.98 Å². The Bertz CT molecular complexity index is 442. The lowest BCUT2D eigenvalue weighted by molar-refractivity contribution is 0.602. The summed E-state index contributed by atoms with van der Waals surface area (Å²) in [6.07, 6.45) is 4.48. The molecule has 2 rings (SSSR count). The van der Waals surface area contributed by atoms with Crippen LogP contribution in [-0.2, 0) is 10.0 Å². The van der Waals surface area contributed by atoms with Crippen molar-refractivity contribution in [3.8, 4) is 0 Å². The van der Waals surface area contributed by atoms with Crippen LogP contribution in [0.1, 0.15) is 12.8 Å². The van der Waals surface area contributed by atoms with Gasteiger partial charge in [0, 0.05) is 22.1 Å². The van der Waals surface area contributed by atoms with Crippen LogP contribution in [0.2, 0.25) is 0 Å². The van der Waals surface area contributed by atoms with Crippen LogP contribution in [0.25, 0.3) is 4.72 Å². The van der Waals surface area contributed by atoms with Crippen LogP contribution in [0.5, 0.6) is 0 Å². The predicted octanol–water partition coefficient (Wildman–Crippen LogP) is 2.34. The first-order chi connectivity index (χ1) is 6.58. The predicted molar refractivity (Wildman–Crippen MR) is 56.9 cm³/mol. The summed E-state index contributed by atoms with van der Waals surface area (Å²) in [6, 6.07) is 1.63. The lowest BCUT2D eigenvalue weighted by Gasteiger charge is -2.20. The molecule has 0 aromatic carbocycles. The van der Waals surface area contributed by atoms with E-state index in [2.05, 4.69) is 25.6 Å². The molecule has 0 saturated heterocycles. The van der Waals surface area contributed by atoms with E-state index < -0.39 is 10.0 Å². The summed E-state index contributed by atoms with van der Waals surface area (Å²) in [5.41, 5.74) is 0.381. The Morgan fingerprint density at radius 1 is 1.43 bits per heavy atom. The minimum Gasteiger partial charge on any atom is -0.575 e. The summed E-state index contributed by atoms with van der Waals surface area (Å²) >= 11 is 3.21. The number of sulfonamides is 1. The van der Waals surface area contributed by atoms with Crippen LogP contribution >= 0.6 is 15.9 Å². The molecular formula is C8H8BrN2O2S-. The van der Waals surface area contributed by atoms with E-state index in [-0.39, 0.29) is 5.25 Å². The smallest absolute Gasteiger partial charge is 0.0967 e. The molecule has 4 nitrogen and oxygen atoms in total. The minimum absolute atomic E-state index is 0.263. The van der Waals surface area contributed by atoms with E-state index in [1.165, 1.54) is 6.20 Å². The number of aromatic nitrogens is 1. The second kappa shape index (κ2) is 3.51. The Balaban J connectivity index is 2.18. The van der Waals surface area contributed by atoms with Gasteiger partial charge in [0.05, 0.1) is 10.0 Å². The summed E-state index contributed by atoms with van der Waals surface area (Å²) in [7, 11) is -3.29. The topological polar surface area (TPSA) is 61.1 Å².